The Balaban J connectivity index is 1.60. The maximum absolute atomic E-state index is 11.0. The van der Waals surface area contributed by atoms with Gasteiger partial charge in [0.1, 0.15) is 0 Å². The predicted molar refractivity (Wildman–Crippen MR) is 92.3 cm³/mol. The van der Waals surface area contributed by atoms with Crippen LogP contribution in [-0.4, -0.2) is 63.0 Å². The Labute approximate surface area is 139 Å². The minimum Gasteiger partial charge on any atom is -0.387 e. The Kier molecular flexibility index (Phi) is 5.19. The zero-order chi connectivity index (χ0) is 16.3. The molecule has 0 radical (unpaired) electrons. The molecule has 1 aromatic heterocycles. The molecule has 0 aromatic carbocycles. The molecule has 1 atom stereocenters. The number of aromatic nitrogens is 2. The fraction of sp³-hybridized carbons (Fsp3) is 0.722. The summed E-state index contributed by atoms with van der Waals surface area (Å²) in [5.74, 6) is 0. The van der Waals surface area contributed by atoms with Gasteiger partial charge in [-0.3, -0.25) is 9.58 Å². The summed E-state index contributed by atoms with van der Waals surface area (Å²) in [7, 11) is 0. The van der Waals surface area contributed by atoms with Crippen LogP contribution in [-0.2, 0) is 13.1 Å². The standard InChI is InChI=1S/C18H30N4O/c1-3-8-22-13-17(16(2)19-22)12-21-11-6-7-18(23,15-21)14-20-9-4-5-10-20/h3,13,23H,1,4-12,14-15H2,2H3. The minimum atomic E-state index is -0.548. The van der Waals surface area contributed by atoms with Crippen molar-refractivity contribution in [3.8, 4) is 0 Å². The number of hydrogen-bond donors (Lipinski definition) is 1. The number of nitrogens with zero attached hydrogens (tertiary/aromatic N) is 4. The van der Waals surface area contributed by atoms with Crippen LogP contribution in [0.3, 0.4) is 0 Å². The second-order valence-electron chi connectivity index (χ2n) is 7.27. The molecule has 2 saturated heterocycles. The predicted octanol–water partition coefficient (Wildman–Crippen LogP) is 1.80. The van der Waals surface area contributed by atoms with Crippen molar-refractivity contribution >= 4 is 0 Å². The lowest BCUT2D eigenvalue weighted by atomic mass is 9.92. The average Bonchev–Trinajstić information content (AvgIpc) is 3.10. The van der Waals surface area contributed by atoms with Crippen molar-refractivity contribution in [2.24, 2.45) is 0 Å². The van der Waals surface area contributed by atoms with Gasteiger partial charge in [0.15, 0.2) is 0 Å². The third-order valence-corrected chi connectivity index (χ3v) is 5.11. The van der Waals surface area contributed by atoms with E-state index in [9.17, 15) is 5.11 Å². The summed E-state index contributed by atoms with van der Waals surface area (Å²) in [6.45, 7) is 12.4. The number of likely N-dealkylation sites (tertiary alicyclic amines) is 2. The molecule has 0 saturated carbocycles. The third-order valence-electron chi connectivity index (χ3n) is 5.11. The molecule has 1 unspecified atom stereocenters. The molecule has 128 valence electrons. The van der Waals surface area contributed by atoms with E-state index in [4.69, 9.17) is 0 Å². The summed E-state index contributed by atoms with van der Waals surface area (Å²) >= 11 is 0. The highest BCUT2D eigenvalue weighted by atomic mass is 16.3. The summed E-state index contributed by atoms with van der Waals surface area (Å²) in [6, 6.07) is 0. The molecule has 5 heteroatoms. The van der Waals surface area contributed by atoms with Crippen LogP contribution in [0.15, 0.2) is 18.9 Å². The molecule has 0 bridgehead atoms. The van der Waals surface area contributed by atoms with Crippen LogP contribution in [0.2, 0.25) is 0 Å². The van der Waals surface area contributed by atoms with E-state index in [1.54, 1.807) is 0 Å². The molecule has 0 amide bonds. The Morgan fingerprint density at radius 3 is 2.74 bits per heavy atom. The van der Waals surface area contributed by atoms with E-state index in [1.165, 1.54) is 18.4 Å². The smallest absolute Gasteiger partial charge is 0.0900 e. The van der Waals surface area contributed by atoms with Gasteiger partial charge >= 0.3 is 0 Å². The van der Waals surface area contributed by atoms with Crippen molar-refractivity contribution in [2.45, 2.75) is 51.3 Å². The van der Waals surface area contributed by atoms with Gasteiger partial charge in [0.25, 0.3) is 0 Å². The number of aryl methyl sites for hydroxylation is 1. The summed E-state index contributed by atoms with van der Waals surface area (Å²) in [5.41, 5.74) is 1.80. The minimum absolute atomic E-state index is 0.548. The first-order chi connectivity index (χ1) is 11.1. The van der Waals surface area contributed by atoms with Crippen molar-refractivity contribution in [3.63, 3.8) is 0 Å². The van der Waals surface area contributed by atoms with Crippen LogP contribution in [0.5, 0.6) is 0 Å². The highest BCUT2D eigenvalue weighted by Gasteiger charge is 2.35. The highest BCUT2D eigenvalue weighted by Crippen LogP contribution is 2.25. The first-order valence-electron chi connectivity index (χ1n) is 8.89. The summed E-state index contributed by atoms with van der Waals surface area (Å²) in [4.78, 5) is 4.82. The lowest BCUT2D eigenvalue weighted by Crippen LogP contribution is -2.53. The largest absolute Gasteiger partial charge is 0.387 e. The summed E-state index contributed by atoms with van der Waals surface area (Å²) < 4.78 is 1.94. The Morgan fingerprint density at radius 2 is 2.00 bits per heavy atom. The second kappa shape index (κ2) is 7.16. The molecular formula is C18H30N4O. The van der Waals surface area contributed by atoms with Gasteiger partial charge in [-0.2, -0.15) is 5.10 Å². The van der Waals surface area contributed by atoms with Crippen LogP contribution >= 0.6 is 0 Å². The van der Waals surface area contributed by atoms with Crippen LogP contribution in [0.4, 0.5) is 0 Å². The highest BCUT2D eigenvalue weighted by molar-refractivity contribution is 5.16. The monoisotopic (exact) mass is 318 g/mol. The molecule has 2 aliphatic heterocycles. The van der Waals surface area contributed by atoms with E-state index in [2.05, 4.69) is 34.6 Å². The van der Waals surface area contributed by atoms with Crippen molar-refractivity contribution in [1.82, 2.24) is 19.6 Å². The fourth-order valence-electron chi connectivity index (χ4n) is 4.01. The number of β-amino-alcohol motifs (C(OH)–C–C–N with tert-alkyl or cyclic N) is 1. The van der Waals surface area contributed by atoms with Gasteiger partial charge in [-0.15, -0.1) is 6.58 Å². The van der Waals surface area contributed by atoms with Gasteiger partial charge in [-0.25, -0.2) is 0 Å². The van der Waals surface area contributed by atoms with E-state index < -0.39 is 5.60 Å². The Hall–Kier alpha value is -1.17. The molecular weight excluding hydrogens is 288 g/mol. The van der Waals surface area contributed by atoms with Gasteiger partial charge in [-0.1, -0.05) is 6.08 Å². The Bertz CT molecular complexity index is 535. The van der Waals surface area contributed by atoms with Crippen molar-refractivity contribution < 1.29 is 5.11 Å². The normalized spacial score (nSPS) is 26.7. The number of allylic oxidation sites excluding steroid dienone is 1. The molecule has 3 heterocycles. The zero-order valence-electron chi connectivity index (χ0n) is 14.4. The van der Waals surface area contributed by atoms with E-state index in [1.807, 2.05) is 10.8 Å². The maximum Gasteiger partial charge on any atom is 0.0900 e. The topological polar surface area (TPSA) is 44.5 Å². The molecule has 5 nitrogen and oxygen atoms in total. The molecule has 0 spiro atoms. The van der Waals surface area contributed by atoms with Gasteiger partial charge in [-0.05, 0) is 52.2 Å². The molecule has 2 fully saturated rings. The number of rotatable bonds is 6. The van der Waals surface area contributed by atoms with Crippen molar-refractivity contribution in [3.05, 3.63) is 30.1 Å². The molecule has 1 aromatic rings. The van der Waals surface area contributed by atoms with Crippen LogP contribution in [0.25, 0.3) is 0 Å². The van der Waals surface area contributed by atoms with Gasteiger partial charge in [0.2, 0.25) is 0 Å². The molecule has 23 heavy (non-hydrogen) atoms. The number of piperidine rings is 1. The van der Waals surface area contributed by atoms with E-state index in [-0.39, 0.29) is 0 Å². The van der Waals surface area contributed by atoms with E-state index >= 15 is 0 Å². The number of hydrogen-bond acceptors (Lipinski definition) is 4. The lowest BCUT2D eigenvalue weighted by Gasteiger charge is -2.41. The Morgan fingerprint density at radius 1 is 1.26 bits per heavy atom. The van der Waals surface area contributed by atoms with Crippen molar-refractivity contribution in [1.29, 1.82) is 0 Å². The first-order valence-corrected chi connectivity index (χ1v) is 8.89. The first kappa shape index (κ1) is 16.7. The zero-order valence-corrected chi connectivity index (χ0v) is 14.4. The third kappa shape index (κ3) is 4.22. The molecule has 1 N–H and O–H groups in total. The molecule has 0 aliphatic carbocycles. The lowest BCUT2D eigenvalue weighted by molar-refractivity contribution is -0.0519. The SMILES string of the molecule is C=CCn1cc(CN2CCCC(O)(CN3CCCC3)C2)c(C)n1. The van der Waals surface area contributed by atoms with Gasteiger partial charge < -0.3 is 10.0 Å². The van der Waals surface area contributed by atoms with Gasteiger partial charge in [0.05, 0.1) is 17.8 Å². The van der Waals surface area contributed by atoms with Gasteiger partial charge in [0, 0.05) is 31.4 Å². The van der Waals surface area contributed by atoms with Crippen molar-refractivity contribution in [2.75, 3.05) is 32.7 Å². The van der Waals surface area contributed by atoms with Crippen LogP contribution in [0.1, 0.15) is 36.9 Å². The summed E-state index contributed by atoms with van der Waals surface area (Å²) in [5, 5.41) is 15.6. The molecule has 3 rings (SSSR count). The quantitative estimate of drug-likeness (QED) is 0.813. The second-order valence-corrected chi connectivity index (χ2v) is 7.27. The fourth-order valence-corrected chi connectivity index (χ4v) is 4.01. The number of aliphatic hydroxyl groups is 1. The van der Waals surface area contributed by atoms with Crippen LogP contribution < -0.4 is 0 Å². The van der Waals surface area contributed by atoms with E-state index in [0.717, 1.165) is 64.3 Å². The van der Waals surface area contributed by atoms with Crippen LogP contribution in [0, 0.1) is 6.92 Å². The average molecular weight is 318 g/mol. The summed E-state index contributed by atoms with van der Waals surface area (Å²) in [6.07, 6.45) is 8.54. The molecule has 2 aliphatic rings. The maximum atomic E-state index is 11.0. The van der Waals surface area contributed by atoms with E-state index in [0.29, 0.717) is 0 Å².